The molecule has 0 spiro atoms. The quantitative estimate of drug-likeness (QED) is 0.156. The van der Waals surface area contributed by atoms with Crippen LogP contribution in [0.3, 0.4) is 0 Å². The first-order valence-electron chi connectivity index (χ1n) is 12.6. The number of aryl methyl sites for hydroxylation is 2. The standard InChI is InChI=1S/C32H32ClFO4/c1-21-15-29(37-38-32(13-14-36-3)25-5-4-6-27(33)20-25)16-22(2)30(21)19-24-9-12-31(35)26(18-24)17-23-7-10-28(34)11-8-23/h4-12,15-16,18,20,32,35H,13-14,17,19H2,1-3H3/t32-/m0/s1. The van der Waals surface area contributed by atoms with Gasteiger partial charge in [-0.3, -0.25) is 0 Å². The summed E-state index contributed by atoms with van der Waals surface area (Å²) in [5.74, 6) is 0.580. The van der Waals surface area contributed by atoms with Crippen LogP contribution in [0.2, 0.25) is 5.02 Å². The van der Waals surface area contributed by atoms with Gasteiger partial charge in [-0.15, -0.1) is 0 Å². The van der Waals surface area contributed by atoms with E-state index in [1.165, 1.54) is 17.7 Å². The Morgan fingerprint density at radius 3 is 2.26 bits per heavy atom. The minimum atomic E-state index is -0.328. The highest BCUT2D eigenvalue weighted by molar-refractivity contribution is 6.30. The lowest BCUT2D eigenvalue weighted by molar-refractivity contribution is -0.251. The zero-order chi connectivity index (χ0) is 27.1. The van der Waals surface area contributed by atoms with Gasteiger partial charge in [0, 0.05) is 31.6 Å². The summed E-state index contributed by atoms with van der Waals surface area (Å²) < 4.78 is 18.5. The molecule has 0 saturated carbocycles. The number of hydrogen-bond donors (Lipinski definition) is 1. The Morgan fingerprint density at radius 2 is 1.58 bits per heavy atom. The topological polar surface area (TPSA) is 47.9 Å². The predicted molar refractivity (Wildman–Crippen MR) is 148 cm³/mol. The summed E-state index contributed by atoms with van der Waals surface area (Å²) in [6.07, 6.45) is 1.52. The number of benzene rings is 4. The van der Waals surface area contributed by atoms with Gasteiger partial charge < -0.3 is 14.7 Å². The summed E-state index contributed by atoms with van der Waals surface area (Å²) in [6.45, 7) is 4.62. The molecule has 0 aliphatic heterocycles. The molecule has 4 aromatic rings. The van der Waals surface area contributed by atoms with Gasteiger partial charge in [-0.05, 0) is 102 Å². The molecule has 4 nitrogen and oxygen atoms in total. The highest BCUT2D eigenvalue weighted by Gasteiger charge is 2.16. The van der Waals surface area contributed by atoms with E-state index in [1.807, 2.05) is 48.5 Å². The zero-order valence-electron chi connectivity index (χ0n) is 21.8. The molecular formula is C32H32ClFO4. The maximum absolute atomic E-state index is 13.3. The van der Waals surface area contributed by atoms with E-state index in [0.29, 0.717) is 36.6 Å². The van der Waals surface area contributed by atoms with Crippen LogP contribution in [0, 0.1) is 19.7 Å². The van der Waals surface area contributed by atoms with Gasteiger partial charge in [-0.2, -0.15) is 4.89 Å². The number of phenols is 1. The number of methoxy groups -OCH3 is 1. The molecule has 0 unspecified atom stereocenters. The molecule has 0 heterocycles. The normalized spacial score (nSPS) is 11.9. The molecule has 198 valence electrons. The van der Waals surface area contributed by atoms with Crippen molar-refractivity contribution in [3.8, 4) is 11.5 Å². The van der Waals surface area contributed by atoms with Crippen LogP contribution in [0.1, 0.15) is 51.5 Å². The molecule has 0 aliphatic carbocycles. The largest absolute Gasteiger partial charge is 0.508 e. The van der Waals surface area contributed by atoms with E-state index in [4.69, 9.17) is 26.1 Å². The highest BCUT2D eigenvalue weighted by atomic mass is 35.5. The van der Waals surface area contributed by atoms with Gasteiger partial charge in [0.05, 0.1) is 0 Å². The van der Waals surface area contributed by atoms with Crippen LogP contribution in [-0.2, 0) is 22.5 Å². The second-order valence-electron chi connectivity index (χ2n) is 9.48. The fourth-order valence-electron chi connectivity index (χ4n) is 4.51. The van der Waals surface area contributed by atoms with Crippen LogP contribution in [0.25, 0.3) is 0 Å². The summed E-state index contributed by atoms with van der Waals surface area (Å²) in [5, 5.41) is 11.0. The molecule has 0 fully saturated rings. The van der Waals surface area contributed by atoms with Gasteiger partial charge in [0.2, 0.25) is 0 Å². The average Bonchev–Trinajstić information content (AvgIpc) is 2.89. The maximum atomic E-state index is 13.3. The molecule has 4 rings (SSSR count). The van der Waals surface area contributed by atoms with Crippen LogP contribution in [0.5, 0.6) is 11.5 Å². The average molecular weight is 535 g/mol. The molecule has 38 heavy (non-hydrogen) atoms. The molecule has 0 amide bonds. The second kappa shape index (κ2) is 12.9. The van der Waals surface area contributed by atoms with Crippen LogP contribution < -0.4 is 4.89 Å². The van der Waals surface area contributed by atoms with Gasteiger partial charge in [0.1, 0.15) is 17.7 Å². The van der Waals surface area contributed by atoms with Crippen molar-refractivity contribution in [3.63, 3.8) is 0 Å². The molecule has 0 aromatic heterocycles. The Labute approximate surface area is 228 Å². The fraction of sp³-hybridized carbons (Fsp3) is 0.250. The molecule has 1 N–H and O–H groups in total. The number of aromatic hydroxyl groups is 1. The molecule has 0 saturated heterocycles. The van der Waals surface area contributed by atoms with E-state index in [0.717, 1.165) is 33.4 Å². The van der Waals surface area contributed by atoms with E-state index >= 15 is 0 Å². The van der Waals surface area contributed by atoms with E-state index < -0.39 is 0 Å². The molecular weight excluding hydrogens is 503 g/mol. The maximum Gasteiger partial charge on any atom is 0.165 e. The number of phenolic OH excluding ortho intramolecular Hbond substituents is 1. The van der Waals surface area contributed by atoms with Crippen LogP contribution in [0.4, 0.5) is 4.39 Å². The Balaban J connectivity index is 1.47. The smallest absolute Gasteiger partial charge is 0.165 e. The number of rotatable bonds is 11. The third kappa shape index (κ3) is 7.35. The number of halogens is 2. The first kappa shape index (κ1) is 27.6. The van der Waals surface area contributed by atoms with Gasteiger partial charge >= 0.3 is 0 Å². The zero-order valence-corrected chi connectivity index (χ0v) is 22.6. The summed E-state index contributed by atoms with van der Waals surface area (Å²) in [6, 6.07) is 23.5. The third-order valence-corrected chi connectivity index (χ3v) is 6.80. The summed E-state index contributed by atoms with van der Waals surface area (Å²) in [7, 11) is 1.65. The monoisotopic (exact) mass is 534 g/mol. The van der Waals surface area contributed by atoms with Crippen molar-refractivity contribution in [3.05, 3.63) is 129 Å². The summed E-state index contributed by atoms with van der Waals surface area (Å²) >= 11 is 6.17. The lowest BCUT2D eigenvalue weighted by atomic mass is 9.93. The molecule has 0 bridgehead atoms. The Bertz CT molecular complexity index is 1350. The fourth-order valence-corrected chi connectivity index (χ4v) is 4.71. The number of hydrogen-bond acceptors (Lipinski definition) is 4. The second-order valence-corrected chi connectivity index (χ2v) is 9.92. The Hall–Kier alpha value is -3.38. The van der Waals surface area contributed by atoms with Crippen molar-refractivity contribution in [2.45, 2.75) is 39.2 Å². The van der Waals surface area contributed by atoms with Gasteiger partial charge in [0.25, 0.3) is 0 Å². The Kier molecular flexibility index (Phi) is 9.40. The first-order chi connectivity index (χ1) is 18.3. The third-order valence-electron chi connectivity index (χ3n) is 6.57. The van der Waals surface area contributed by atoms with Crippen molar-refractivity contribution >= 4 is 11.6 Å². The van der Waals surface area contributed by atoms with Crippen molar-refractivity contribution in [2.24, 2.45) is 0 Å². The van der Waals surface area contributed by atoms with Crippen LogP contribution in [-0.4, -0.2) is 18.8 Å². The predicted octanol–water partition coefficient (Wildman–Crippen LogP) is 8.07. The van der Waals surface area contributed by atoms with E-state index in [-0.39, 0.29) is 17.7 Å². The van der Waals surface area contributed by atoms with Crippen molar-refractivity contribution in [1.29, 1.82) is 0 Å². The molecule has 0 radical (unpaired) electrons. The summed E-state index contributed by atoms with van der Waals surface area (Å²) in [4.78, 5) is 11.6. The molecule has 0 aliphatic rings. The number of ether oxygens (including phenoxy) is 1. The van der Waals surface area contributed by atoms with E-state index in [2.05, 4.69) is 13.8 Å². The molecule has 1 atom stereocenters. The van der Waals surface area contributed by atoms with Gasteiger partial charge in [-0.1, -0.05) is 48.0 Å². The van der Waals surface area contributed by atoms with Gasteiger partial charge in [0.15, 0.2) is 5.75 Å². The lowest BCUT2D eigenvalue weighted by Crippen LogP contribution is -2.10. The van der Waals surface area contributed by atoms with Crippen LogP contribution >= 0.6 is 11.6 Å². The van der Waals surface area contributed by atoms with E-state index in [9.17, 15) is 9.50 Å². The first-order valence-corrected chi connectivity index (χ1v) is 12.9. The molecule has 4 aromatic carbocycles. The minimum Gasteiger partial charge on any atom is -0.508 e. The van der Waals surface area contributed by atoms with Crippen molar-refractivity contribution < 1.29 is 24.0 Å². The Morgan fingerprint density at radius 1 is 0.868 bits per heavy atom. The lowest BCUT2D eigenvalue weighted by Gasteiger charge is -2.19. The SMILES string of the molecule is COCC[C@H](OOc1cc(C)c(Cc2ccc(O)c(Cc3ccc(F)cc3)c2)c(C)c1)c1cccc(Cl)c1. The van der Waals surface area contributed by atoms with Crippen molar-refractivity contribution in [1.82, 2.24) is 0 Å². The van der Waals surface area contributed by atoms with Crippen LogP contribution in [0.15, 0.2) is 78.9 Å². The van der Waals surface area contributed by atoms with Crippen molar-refractivity contribution in [2.75, 3.05) is 13.7 Å². The molecule has 6 heteroatoms. The van der Waals surface area contributed by atoms with E-state index in [1.54, 1.807) is 25.3 Å². The minimum absolute atomic E-state index is 0.232. The highest BCUT2D eigenvalue weighted by Crippen LogP contribution is 2.30. The summed E-state index contributed by atoms with van der Waals surface area (Å²) in [5.41, 5.74) is 7.08. The van der Waals surface area contributed by atoms with Gasteiger partial charge in [-0.25, -0.2) is 4.39 Å².